The zero-order valence-corrected chi connectivity index (χ0v) is 5.37. The van der Waals surface area contributed by atoms with Gasteiger partial charge in [-0.15, -0.1) is 0 Å². The monoisotopic (exact) mass is 138 g/mol. The van der Waals surface area contributed by atoms with Crippen LogP contribution >= 0.6 is 11.6 Å². The highest BCUT2D eigenvalue weighted by atomic mass is 35.5. The predicted octanol–water partition coefficient (Wildman–Crippen LogP) is 1.29. The number of halogens is 2. The van der Waals surface area contributed by atoms with Crippen molar-refractivity contribution in [2.24, 2.45) is 5.41 Å². The fraction of sp³-hybridized carbons (Fsp3) is 1.00. The minimum absolute atomic E-state index is 0.160. The van der Waals surface area contributed by atoms with Crippen molar-refractivity contribution in [3.8, 4) is 0 Å². The first-order chi connectivity index (χ1) is 3.52. The van der Waals surface area contributed by atoms with Gasteiger partial charge in [0.2, 0.25) is 0 Å². The molecule has 0 bridgehead atoms. The molecule has 2 atom stereocenters. The molecule has 0 aromatic carbocycles. The van der Waals surface area contributed by atoms with Crippen LogP contribution in [0.5, 0.6) is 0 Å². The molecule has 0 saturated heterocycles. The van der Waals surface area contributed by atoms with Crippen LogP contribution in [0, 0.1) is 5.41 Å². The van der Waals surface area contributed by atoms with Crippen LogP contribution in [0.3, 0.4) is 0 Å². The third kappa shape index (κ3) is 0.633. The summed E-state index contributed by atoms with van der Waals surface area (Å²) in [5.41, 5.74) is -0.658. The quantitative estimate of drug-likeness (QED) is 0.542. The second-order valence-corrected chi connectivity index (χ2v) is 3.20. The van der Waals surface area contributed by atoms with Crippen molar-refractivity contribution in [1.82, 2.24) is 0 Å². The Hall–Kier alpha value is 0.180. The highest BCUT2D eigenvalue weighted by Crippen LogP contribution is 2.61. The summed E-state index contributed by atoms with van der Waals surface area (Å²) >= 11 is 5.22. The van der Waals surface area contributed by atoms with Crippen molar-refractivity contribution < 1.29 is 9.50 Å². The minimum Gasteiger partial charge on any atom is -0.396 e. The third-order valence-electron chi connectivity index (χ3n) is 1.72. The van der Waals surface area contributed by atoms with E-state index in [0.717, 1.165) is 0 Å². The van der Waals surface area contributed by atoms with Gasteiger partial charge in [0.1, 0.15) is 0 Å². The highest BCUT2D eigenvalue weighted by molar-refractivity contribution is 6.25. The molecule has 0 aliphatic heterocycles. The Morgan fingerprint density at radius 2 is 2.25 bits per heavy atom. The van der Waals surface area contributed by atoms with Crippen LogP contribution < -0.4 is 0 Å². The van der Waals surface area contributed by atoms with E-state index in [4.69, 9.17) is 16.7 Å². The van der Waals surface area contributed by atoms with Gasteiger partial charge in [-0.3, -0.25) is 0 Å². The molecule has 0 heterocycles. The summed E-state index contributed by atoms with van der Waals surface area (Å²) in [6.07, 6.45) is 0.276. The molecule has 1 nitrogen and oxygen atoms in total. The Bertz CT molecular complexity index is 115. The lowest BCUT2D eigenvalue weighted by Gasteiger charge is -2.03. The summed E-state index contributed by atoms with van der Waals surface area (Å²) in [6, 6.07) is 0. The van der Waals surface area contributed by atoms with Crippen LogP contribution in [-0.2, 0) is 0 Å². The number of aliphatic hydroxyl groups is 1. The molecule has 0 aromatic rings. The van der Waals surface area contributed by atoms with Crippen LogP contribution in [0.1, 0.15) is 13.3 Å². The molecular formula is C5H8ClFO. The van der Waals surface area contributed by atoms with Gasteiger partial charge in [-0.2, -0.15) is 0 Å². The van der Waals surface area contributed by atoms with Gasteiger partial charge in [0.05, 0.1) is 6.61 Å². The van der Waals surface area contributed by atoms with E-state index in [-0.39, 0.29) is 13.0 Å². The summed E-state index contributed by atoms with van der Waals surface area (Å²) in [4.78, 5) is 0. The van der Waals surface area contributed by atoms with Crippen molar-refractivity contribution in [2.75, 3.05) is 6.61 Å². The maximum Gasteiger partial charge on any atom is 0.192 e. The van der Waals surface area contributed by atoms with Crippen molar-refractivity contribution >= 4 is 11.6 Å². The summed E-state index contributed by atoms with van der Waals surface area (Å²) in [6.45, 7) is 1.47. The van der Waals surface area contributed by atoms with Crippen LogP contribution in [0.4, 0.5) is 4.39 Å². The maximum absolute atomic E-state index is 12.5. The lowest BCUT2D eigenvalue weighted by atomic mass is 10.2. The summed E-state index contributed by atoms with van der Waals surface area (Å²) in [7, 11) is 0. The summed E-state index contributed by atoms with van der Waals surface area (Å²) < 4.78 is 12.5. The van der Waals surface area contributed by atoms with Crippen LogP contribution in [0.25, 0.3) is 0 Å². The molecule has 8 heavy (non-hydrogen) atoms. The van der Waals surface area contributed by atoms with E-state index in [2.05, 4.69) is 0 Å². The number of rotatable bonds is 1. The van der Waals surface area contributed by atoms with E-state index >= 15 is 0 Å². The van der Waals surface area contributed by atoms with E-state index < -0.39 is 10.5 Å². The van der Waals surface area contributed by atoms with Gasteiger partial charge in [0.25, 0.3) is 0 Å². The molecule has 1 aliphatic rings. The number of hydrogen-bond donors (Lipinski definition) is 1. The molecule has 0 unspecified atom stereocenters. The molecule has 1 fully saturated rings. The Kier molecular flexibility index (Phi) is 1.07. The molecule has 48 valence electrons. The number of aliphatic hydroxyl groups excluding tert-OH is 1. The van der Waals surface area contributed by atoms with Gasteiger partial charge < -0.3 is 5.11 Å². The van der Waals surface area contributed by atoms with Crippen molar-refractivity contribution in [3.63, 3.8) is 0 Å². The summed E-state index contributed by atoms with van der Waals surface area (Å²) in [5.74, 6) is 0. The first kappa shape index (κ1) is 6.30. The van der Waals surface area contributed by atoms with Gasteiger partial charge >= 0.3 is 0 Å². The molecule has 3 heteroatoms. The predicted molar refractivity (Wildman–Crippen MR) is 29.5 cm³/mol. The van der Waals surface area contributed by atoms with Gasteiger partial charge in [0.15, 0.2) is 5.13 Å². The van der Waals surface area contributed by atoms with E-state index in [1.807, 2.05) is 0 Å². The minimum atomic E-state index is -1.62. The fourth-order valence-corrected chi connectivity index (χ4v) is 0.972. The molecule has 1 rings (SSSR count). The van der Waals surface area contributed by atoms with Crippen molar-refractivity contribution in [1.29, 1.82) is 0 Å². The van der Waals surface area contributed by atoms with E-state index in [9.17, 15) is 4.39 Å². The Balaban J connectivity index is 2.55. The molecule has 1 saturated carbocycles. The van der Waals surface area contributed by atoms with Crippen LogP contribution in [0.2, 0.25) is 0 Å². The SMILES string of the molecule is C[C@@]1(CO)C[C@@]1(F)Cl. The number of hydrogen-bond acceptors (Lipinski definition) is 1. The first-order valence-electron chi connectivity index (χ1n) is 2.50. The van der Waals surface area contributed by atoms with Gasteiger partial charge in [-0.1, -0.05) is 18.5 Å². The van der Waals surface area contributed by atoms with Crippen LogP contribution in [-0.4, -0.2) is 16.8 Å². The maximum atomic E-state index is 12.5. The molecule has 0 amide bonds. The Morgan fingerprint density at radius 3 is 2.25 bits per heavy atom. The smallest absolute Gasteiger partial charge is 0.192 e. The first-order valence-corrected chi connectivity index (χ1v) is 2.88. The second-order valence-electron chi connectivity index (χ2n) is 2.60. The van der Waals surface area contributed by atoms with E-state index in [1.165, 1.54) is 0 Å². The molecule has 0 radical (unpaired) electrons. The highest BCUT2D eigenvalue weighted by Gasteiger charge is 2.64. The van der Waals surface area contributed by atoms with Gasteiger partial charge in [-0.25, -0.2) is 4.39 Å². The van der Waals surface area contributed by atoms with E-state index in [1.54, 1.807) is 6.92 Å². The van der Waals surface area contributed by atoms with Gasteiger partial charge in [-0.05, 0) is 0 Å². The normalized spacial score (nSPS) is 54.0. The van der Waals surface area contributed by atoms with Crippen LogP contribution in [0.15, 0.2) is 0 Å². The zero-order valence-electron chi connectivity index (χ0n) is 4.62. The largest absolute Gasteiger partial charge is 0.396 e. The Labute approximate surface area is 52.5 Å². The zero-order chi connectivity index (χ0) is 6.41. The molecular weight excluding hydrogens is 131 g/mol. The second kappa shape index (κ2) is 1.36. The molecule has 0 aromatic heterocycles. The Morgan fingerprint density at radius 1 is 1.88 bits per heavy atom. The average Bonchev–Trinajstić information content (AvgIpc) is 2.10. The number of alkyl halides is 2. The lowest BCUT2D eigenvalue weighted by molar-refractivity contribution is 0.187. The van der Waals surface area contributed by atoms with Crippen molar-refractivity contribution in [3.05, 3.63) is 0 Å². The average molecular weight is 139 g/mol. The topological polar surface area (TPSA) is 20.2 Å². The van der Waals surface area contributed by atoms with Gasteiger partial charge in [0, 0.05) is 11.8 Å². The van der Waals surface area contributed by atoms with Crippen molar-refractivity contribution in [2.45, 2.75) is 18.5 Å². The van der Waals surface area contributed by atoms with E-state index in [0.29, 0.717) is 0 Å². The molecule has 0 spiro atoms. The fourth-order valence-electron chi connectivity index (χ4n) is 0.617. The standard InChI is InChI=1S/C5H8ClFO/c1-4(3-8)2-5(4,6)7/h8H,2-3H2,1H3/t4-,5-/m0/s1. The summed E-state index contributed by atoms with van der Waals surface area (Å²) in [5, 5.41) is 6.85. The molecule has 1 aliphatic carbocycles. The molecule has 1 N–H and O–H groups in total. The third-order valence-corrected chi connectivity index (χ3v) is 2.31. The lowest BCUT2D eigenvalue weighted by Crippen LogP contribution is -2.09.